The number of benzene rings is 2. The van der Waals surface area contributed by atoms with E-state index in [9.17, 15) is 9.90 Å². The smallest absolute Gasteiger partial charge is 0.241 e. The molecule has 1 fully saturated rings. The number of nitrogens with one attached hydrogen (secondary N) is 1. The number of carbonyl (C=O) groups excluding carboxylic acids is 1. The molecule has 25 heavy (non-hydrogen) atoms. The van der Waals surface area contributed by atoms with Crippen LogP contribution in [0, 0.1) is 5.92 Å². The van der Waals surface area contributed by atoms with E-state index in [1.165, 1.54) is 0 Å². The molecule has 2 unspecified atom stereocenters. The molecule has 1 aliphatic heterocycles. The SMILES string of the molecule is CC1CN(C(=O)CNc2ccccc2)CCC1(C)c1cccc(O)c1. The van der Waals surface area contributed by atoms with Gasteiger partial charge in [-0.1, -0.05) is 44.2 Å². The number of phenolic OH excluding ortho intramolecular Hbond substituents is 1. The van der Waals surface area contributed by atoms with Crippen LogP contribution in [0.15, 0.2) is 54.6 Å². The molecule has 2 aromatic carbocycles. The van der Waals surface area contributed by atoms with Crippen molar-refractivity contribution in [3.8, 4) is 5.75 Å². The van der Waals surface area contributed by atoms with E-state index in [2.05, 4.69) is 25.2 Å². The fourth-order valence-electron chi connectivity index (χ4n) is 3.60. The molecule has 2 N–H and O–H groups in total. The number of hydrogen-bond acceptors (Lipinski definition) is 3. The van der Waals surface area contributed by atoms with Crippen LogP contribution in [0.4, 0.5) is 5.69 Å². The third-order valence-electron chi connectivity index (χ3n) is 5.56. The standard InChI is InChI=1S/C21H26N2O2/c1-16-15-23(20(25)14-22-18-8-4-3-5-9-18)12-11-21(16,2)17-7-6-10-19(24)13-17/h3-10,13,16,22,24H,11-12,14-15H2,1-2H3. The fourth-order valence-corrected chi connectivity index (χ4v) is 3.60. The maximum atomic E-state index is 12.5. The lowest BCUT2D eigenvalue weighted by Crippen LogP contribution is -2.50. The third-order valence-corrected chi connectivity index (χ3v) is 5.56. The minimum Gasteiger partial charge on any atom is -0.508 e. The van der Waals surface area contributed by atoms with Gasteiger partial charge in [0.25, 0.3) is 0 Å². The quantitative estimate of drug-likeness (QED) is 0.895. The van der Waals surface area contributed by atoms with Crippen LogP contribution in [0.5, 0.6) is 5.75 Å². The molecule has 0 spiro atoms. The van der Waals surface area contributed by atoms with Gasteiger partial charge in [0.05, 0.1) is 6.54 Å². The molecule has 0 bridgehead atoms. The Morgan fingerprint density at radius 2 is 2.00 bits per heavy atom. The van der Waals surface area contributed by atoms with Crippen LogP contribution in [0.2, 0.25) is 0 Å². The lowest BCUT2D eigenvalue weighted by molar-refractivity contribution is -0.132. The second kappa shape index (κ2) is 7.18. The van der Waals surface area contributed by atoms with Crippen LogP contribution in [-0.4, -0.2) is 35.5 Å². The van der Waals surface area contributed by atoms with Crippen molar-refractivity contribution < 1.29 is 9.90 Å². The second-order valence-corrected chi connectivity index (χ2v) is 7.18. The minimum absolute atomic E-state index is 0.0254. The monoisotopic (exact) mass is 338 g/mol. The molecule has 132 valence electrons. The van der Waals surface area contributed by atoms with Crippen LogP contribution in [-0.2, 0) is 10.2 Å². The Kier molecular flexibility index (Phi) is 4.98. The van der Waals surface area contributed by atoms with E-state index >= 15 is 0 Å². The Labute approximate surface area is 149 Å². The van der Waals surface area contributed by atoms with E-state index in [1.807, 2.05) is 47.4 Å². The number of piperidine rings is 1. The van der Waals surface area contributed by atoms with Crippen molar-refractivity contribution in [2.45, 2.75) is 25.7 Å². The molecule has 2 atom stereocenters. The first-order valence-electron chi connectivity index (χ1n) is 8.85. The van der Waals surface area contributed by atoms with Gasteiger partial charge in [0, 0.05) is 18.8 Å². The van der Waals surface area contributed by atoms with E-state index in [4.69, 9.17) is 0 Å². The highest BCUT2D eigenvalue weighted by Gasteiger charge is 2.39. The predicted molar refractivity (Wildman–Crippen MR) is 101 cm³/mol. The molecule has 3 rings (SSSR count). The Balaban J connectivity index is 1.62. The molecule has 1 heterocycles. The number of carbonyl (C=O) groups is 1. The van der Waals surface area contributed by atoms with Gasteiger partial charge in [-0.3, -0.25) is 4.79 Å². The Hall–Kier alpha value is -2.49. The van der Waals surface area contributed by atoms with Gasteiger partial charge >= 0.3 is 0 Å². The zero-order chi connectivity index (χ0) is 17.9. The van der Waals surface area contributed by atoms with Crippen LogP contribution in [0.25, 0.3) is 0 Å². The maximum Gasteiger partial charge on any atom is 0.241 e. The van der Waals surface area contributed by atoms with Crippen LogP contribution in [0.3, 0.4) is 0 Å². The van der Waals surface area contributed by atoms with E-state index in [0.29, 0.717) is 18.2 Å². The van der Waals surface area contributed by atoms with Gasteiger partial charge in [0.1, 0.15) is 5.75 Å². The summed E-state index contributed by atoms with van der Waals surface area (Å²) < 4.78 is 0. The first-order chi connectivity index (χ1) is 12.0. The highest BCUT2D eigenvalue weighted by Crippen LogP contribution is 2.40. The summed E-state index contributed by atoms with van der Waals surface area (Å²) in [6.45, 7) is 6.22. The highest BCUT2D eigenvalue weighted by molar-refractivity contribution is 5.81. The first-order valence-corrected chi connectivity index (χ1v) is 8.85. The molecule has 1 aliphatic rings. The Morgan fingerprint density at radius 1 is 1.24 bits per heavy atom. The Bertz CT molecular complexity index is 732. The number of phenols is 1. The van der Waals surface area contributed by atoms with Crippen molar-refractivity contribution in [2.75, 3.05) is 25.0 Å². The summed E-state index contributed by atoms with van der Waals surface area (Å²) in [7, 11) is 0. The number of hydrogen-bond donors (Lipinski definition) is 2. The maximum absolute atomic E-state index is 12.5. The van der Waals surface area contributed by atoms with Crippen molar-refractivity contribution in [2.24, 2.45) is 5.92 Å². The van der Waals surface area contributed by atoms with Crippen LogP contribution < -0.4 is 5.32 Å². The van der Waals surface area contributed by atoms with Crippen molar-refractivity contribution in [1.29, 1.82) is 0 Å². The van der Waals surface area contributed by atoms with Crippen LogP contribution >= 0.6 is 0 Å². The molecule has 1 saturated heterocycles. The number of likely N-dealkylation sites (tertiary alicyclic amines) is 1. The lowest BCUT2D eigenvalue weighted by Gasteiger charge is -2.45. The lowest BCUT2D eigenvalue weighted by atomic mass is 9.68. The molecule has 0 radical (unpaired) electrons. The molecule has 1 amide bonds. The summed E-state index contributed by atoms with van der Waals surface area (Å²) in [5, 5.41) is 13.0. The summed E-state index contributed by atoms with van der Waals surface area (Å²) in [5.41, 5.74) is 2.09. The fraction of sp³-hybridized carbons (Fsp3) is 0.381. The van der Waals surface area contributed by atoms with Gasteiger partial charge in [-0.25, -0.2) is 0 Å². The normalized spacial score (nSPS) is 23.3. The van der Waals surface area contributed by atoms with Crippen LogP contribution in [0.1, 0.15) is 25.8 Å². The van der Waals surface area contributed by atoms with Gasteiger partial charge in [-0.15, -0.1) is 0 Å². The minimum atomic E-state index is -0.0254. The predicted octanol–water partition coefficient (Wildman–Crippen LogP) is 3.63. The van der Waals surface area contributed by atoms with Gasteiger partial charge in [-0.05, 0) is 47.6 Å². The molecule has 2 aromatic rings. The summed E-state index contributed by atoms with van der Waals surface area (Å²) >= 11 is 0. The van der Waals surface area contributed by atoms with E-state index in [-0.39, 0.29) is 11.3 Å². The van der Waals surface area contributed by atoms with Gasteiger partial charge in [-0.2, -0.15) is 0 Å². The molecular formula is C21H26N2O2. The molecule has 4 nitrogen and oxygen atoms in total. The van der Waals surface area contributed by atoms with E-state index in [0.717, 1.165) is 30.8 Å². The van der Waals surface area contributed by atoms with Crippen molar-refractivity contribution >= 4 is 11.6 Å². The zero-order valence-electron chi connectivity index (χ0n) is 14.9. The molecule has 4 heteroatoms. The topological polar surface area (TPSA) is 52.6 Å². The second-order valence-electron chi connectivity index (χ2n) is 7.18. The number of anilines is 1. The largest absolute Gasteiger partial charge is 0.508 e. The Morgan fingerprint density at radius 3 is 2.68 bits per heavy atom. The average Bonchev–Trinajstić information content (AvgIpc) is 2.63. The van der Waals surface area contributed by atoms with Gasteiger partial charge in [0.15, 0.2) is 0 Å². The highest BCUT2D eigenvalue weighted by atomic mass is 16.3. The average molecular weight is 338 g/mol. The van der Waals surface area contributed by atoms with Gasteiger partial charge in [0.2, 0.25) is 5.91 Å². The molecule has 0 saturated carbocycles. The number of nitrogens with zero attached hydrogens (tertiary/aromatic N) is 1. The van der Waals surface area contributed by atoms with Crippen molar-refractivity contribution in [1.82, 2.24) is 4.90 Å². The molecular weight excluding hydrogens is 312 g/mol. The first kappa shape index (κ1) is 17.3. The number of rotatable bonds is 4. The summed E-state index contributed by atoms with van der Waals surface area (Å²) in [6, 6.07) is 17.3. The summed E-state index contributed by atoms with van der Waals surface area (Å²) in [6.07, 6.45) is 0.898. The number of amides is 1. The zero-order valence-corrected chi connectivity index (χ0v) is 14.9. The number of aromatic hydroxyl groups is 1. The molecule has 0 aromatic heterocycles. The third kappa shape index (κ3) is 3.78. The summed E-state index contributed by atoms with van der Waals surface area (Å²) in [4.78, 5) is 14.5. The molecule has 0 aliphatic carbocycles. The number of para-hydroxylation sites is 1. The van der Waals surface area contributed by atoms with E-state index < -0.39 is 0 Å². The van der Waals surface area contributed by atoms with Crippen molar-refractivity contribution in [3.05, 3.63) is 60.2 Å². The van der Waals surface area contributed by atoms with Crippen molar-refractivity contribution in [3.63, 3.8) is 0 Å². The van der Waals surface area contributed by atoms with E-state index in [1.54, 1.807) is 6.07 Å². The van der Waals surface area contributed by atoms with Gasteiger partial charge < -0.3 is 15.3 Å². The summed E-state index contributed by atoms with van der Waals surface area (Å²) in [5.74, 6) is 0.758.